The van der Waals surface area contributed by atoms with Crippen LogP contribution in [0.4, 0.5) is 0 Å². The van der Waals surface area contributed by atoms with Crippen molar-refractivity contribution in [2.75, 3.05) is 0 Å². The smallest absolute Gasteiger partial charge is 0.427 e. The molecule has 1 atom stereocenters. The molecule has 0 heterocycles. The minimum absolute atomic E-state index is 0.00386. The quantitative estimate of drug-likeness (QED) is 0.428. The van der Waals surface area contributed by atoms with Gasteiger partial charge in [-0.2, -0.15) is 0 Å². The van der Waals surface area contributed by atoms with Crippen LogP contribution in [0.15, 0.2) is 47.4 Å². The molecule has 0 bridgehead atoms. The average Bonchev–Trinajstić information content (AvgIpc) is 2.35. The van der Waals surface area contributed by atoms with Crippen LogP contribution in [0, 0.1) is 0 Å². The van der Waals surface area contributed by atoms with Crippen molar-refractivity contribution in [3.8, 4) is 5.75 Å². The Kier molecular flexibility index (Phi) is 4.91. The fourth-order valence-electron chi connectivity index (χ4n) is 2.36. The van der Waals surface area contributed by atoms with Gasteiger partial charge in [0.25, 0.3) is 0 Å². The van der Waals surface area contributed by atoms with E-state index in [0.29, 0.717) is 5.56 Å². The molecule has 1 aromatic carbocycles. The second-order valence-electron chi connectivity index (χ2n) is 5.11. The van der Waals surface area contributed by atoms with Gasteiger partial charge < -0.3 is 25.1 Å². The highest BCUT2D eigenvalue weighted by molar-refractivity contribution is 7.49. The lowest BCUT2D eigenvalue weighted by Gasteiger charge is -2.23. The Labute approximate surface area is 131 Å². The molecule has 1 unspecified atom stereocenters. The normalized spacial score (nSPS) is 17.0. The Hall–Kier alpha value is -2.12. The van der Waals surface area contributed by atoms with Gasteiger partial charge in [0.05, 0.1) is 12.5 Å². The number of aliphatic hydroxyl groups excluding tert-OH is 2. The van der Waals surface area contributed by atoms with E-state index in [1.165, 1.54) is 12.1 Å². The van der Waals surface area contributed by atoms with Crippen molar-refractivity contribution in [2.45, 2.75) is 18.9 Å². The monoisotopic (exact) mass is 341 g/mol. The third-order valence-corrected chi connectivity index (χ3v) is 3.76. The van der Waals surface area contributed by atoms with E-state index >= 15 is 0 Å². The summed E-state index contributed by atoms with van der Waals surface area (Å²) in [5, 5.41) is 31.5. The zero-order valence-electron chi connectivity index (χ0n) is 11.9. The SMILES string of the molecule is O=C1C=C(O)C(C(O)Cc2cccc(O)c2)=C(NP(=O)(O)O)C1. The van der Waals surface area contributed by atoms with Crippen molar-refractivity contribution in [1.29, 1.82) is 0 Å². The highest BCUT2D eigenvalue weighted by Gasteiger charge is 2.29. The number of hydrogen-bond acceptors (Lipinski definition) is 5. The van der Waals surface area contributed by atoms with E-state index < -0.39 is 25.4 Å². The molecule has 9 heteroatoms. The molecule has 0 spiro atoms. The summed E-state index contributed by atoms with van der Waals surface area (Å²) in [6.07, 6.45) is -0.828. The summed E-state index contributed by atoms with van der Waals surface area (Å²) in [6, 6.07) is 6.07. The molecule has 8 nitrogen and oxygen atoms in total. The van der Waals surface area contributed by atoms with Gasteiger partial charge >= 0.3 is 7.75 Å². The molecule has 124 valence electrons. The number of hydrogen-bond donors (Lipinski definition) is 6. The van der Waals surface area contributed by atoms with Crippen LogP contribution >= 0.6 is 7.75 Å². The second-order valence-corrected chi connectivity index (χ2v) is 6.42. The van der Waals surface area contributed by atoms with Gasteiger partial charge in [-0.25, -0.2) is 4.57 Å². The summed E-state index contributed by atoms with van der Waals surface area (Å²) in [5.41, 5.74) is 0.164. The number of phenolic OH excluding ortho intramolecular Hbond substituents is 1. The lowest BCUT2D eigenvalue weighted by Crippen LogP contribution is -2.26. The van der Waals surface area contributed by atoms with E-state index in [0.717, 1.165) is 6.08 Å². The third-order valence-electron chi connectivity index (χ3n) is 3.20. The summed E-state index contributed by atoms with van der Waals surface area (Å²) < 4.78 is 11.1. The maximum Gasteiger partial charge on any atom is 0.427 e. The number of nitrogens with one attached hydrogen (secondary N) is 1. The van der Waals surface area contributed by atoms with E-state index in [-0.39, 0.29) is 29.9 Å². The van der Waals surface area contributed by atoms with E-state index in [9.17, 15) is 24.7 Å². The van der Waals surface area contributed by atoms with Crippen molar-refractivity contribution in [2.24, 2.45) is 0 Å². The number of carbonyl (C=O) groups excluding carboxylic acids is 1. The fraction of sp³-hybridized carbons (Fsp3) is 0.214. The van der Waals surface area contributed by atoms with Crippen molar-refractivity contribution < 1.29 is 34.5 Å². The van der Waals surface area contributed by atoms with Gasteiger partial charge in [0.15, 0.2) is 5.78 Å². The summed E-state index contributed by atoms with van der Waals surface area (Å²) in [6.45, 7) is 0. The zero-order valence-corrected chi connectivity index (χ0v) is 12.8. The zero-order chi connectivity index (χ0) is 17.2. The Balaban J connectivity index is 2.34. The number of phenols is 1. The minimum Gasteiger partial charge on any atom is -0.508 e. The molecule has 23 heavy (non-hydrogen) atoms. The standard InChI is InChI=1S/C14H16NO7P/c16-9-3-1-2-8(4-9)5-12(18)14-11(15-23(20,21)22)6-10(17)7-13(14)19/h1-4,7,12,16,18-19H,5-6H2,(H3,15,20,21,22). The molecule has 2 rings (SSSR count). The first kappa shape index (κ1) is 17.2. The van der Waals surface area contributed by atoms with Gasteiger partial charge in [0.1, 0.15) is 11.5 Å². The largest absolute Gasteiger partial charge is 0.508 e. The van der Waals surface area contributed by atoms with Crippen molar-refractivity contribution in [3.05, 3.63) is 52.9 Å². The fourth-order valence-corrected chi connectivity index (χ4v) is 2.91. The number of aromatic hydroxyl groups is 1. The molecule has 1 aliphatic carbocycles. The number of rotatable bonds is 5. The first-order valence-electron chi connectivity index (χ1n) is 6.62. The predicted molar refractivity (Wildman–Crippen MR) is 80.4 cm³/mol. The van der Waals surface area contributed by atoms with E-state index in [4.69, 9.17) is 9.79 Å². The molecule has 0 aromatic heterocycles. The highest BCUT2D eigenvalue weighted by Crippen LogP contribution is 2.35. The van der Waals surface area contributed by atoms with Crippen LogP contribution < -0.4 is 5.09 Å². The summed E-state index contributed by atoms with van der Waals surface area (Å²) >= 11 is 0. The molecule has 0 saturated carbocycles. The highest BCUT2D eigenvalue weighted by atomic mass is 31.2. The van der Waals surface area contributed by atoms with Crippen LogP contribution in [-0.4, -0.2) is 37.0 Å². The lowest BCUT2D eigenvalue weighted by molar-refractivity contribution is -0.114. The van der Waals surface area contributed by atoms with Crippen LogP contribution in [-0.2, 0) is 15.8 Å². The summed E-state index contributed by atoms with van der Waals surface area (Å²) in [5.74, 6) is -1.10. The van der Waals surface area contributed by atoms with E-state index in [1.54, 1.807) is 12.1 Å². The summed E-state index contributed by atoms with van der Waals surface area (Å²) in [4.78, 5) is 29.5. The van der Waals surface area contributed by atoms with Gasteiger partial charge in [-0.15, -0.1) is 0 Å². The topological polar surface area (TPSA) is 147 Å². The predicted octanol–water partition coefficient (Wildman–Crippen LogP) is 0.647. The van der Waals surface area contributed by atoms with Crippen molar-refractivity contribution in [1.82, 2.24) is 5.09 Å². The molecule has 0 radical (unpaired) electrons. The van der Waals surface area contributed by atoms with Crippen molar-refractivity contribution in [3.63, 3.8) is 0 Å². The molecule has 6 N–H and O–H groups in total. The molecule has 0 fully saturated rings. The number of ketones is 1. The Bertz CT molecular complexity index is 734. The van der Waals surface area contributed by atoms with Gasteiger partial charge in [-0.05, 0) is 17.7 Å². The summed E-state index contributed by atoms with van der Waals surface area (Å²) in [7, 11) is -4.70. The Morgan fingerprint density at radius 3 is 2.57 bits per heavy atom. The minimum atomic E-state index is -4.70. The average molecular weight is 341 g/mol. The van der Waals surface area contributed by atoms with E-state index in [1.807, 2.05) is 5.09 Å². The molecular formula is C14H16NO7P. The number of carbonyl (C=O) groups is 1. The first-order valence-corrected chi connectivity index (χ1v) is 8.23. The molecule has 0 saturated heterocycles. The maximum absolute atomic E-state index is 11.5. The second kappa shape index (κ2) is 6.55. The third kappa shape index (κ3) is 4.67. The van der Waals surface area contributed by atoms with Crippen LogP contribution in [0.3, 0.4) is 0 Å². The molecule has 0 aliphatic heterocycles. The number of benzene rings is 1. The molecule has 1 aromatic rings. The molecule has 0 amide bonds. The maximum atomic E-state index is 11.5. The van der Waals surface area contributed by atoms with Gasteiger partial charge in [0, 0.05) is 23.8 Å². The lowest BCUT2D eigenvalue weighted by atomic mass is 9.93. The Morgan fingerprint density at radius 1 is 1.26 bits per heavy atom. The van der Waals surface area contributed by atoms with Crippen LogP contribution in [0.2, 0.25) is 0 Å². The van der Waals surface area contributed by atoms with Crippen LogP contribution in [0.25, 0.3) is 0 Å². The first-order chi connectivity index (χ1) is 10.7. The van der Waals surface area contributed by atoms with Crippen molar-refractivity contribution >= 4 is 13.5 Å². The van der Waals surface area contributed by atoms with Gasteiger partial charge in [-0.3, -0.25) is 9.88 Å². The van der Waals surface area contributed by atoms with E-state index in [2.05, 4.69) is 0 Å². The Morgan fingerprint density at radius 2 is 1.96 bits per heavy atom. The molecular weight excluding hydrogens is 325 g/mol. The van der Waals surface area contributed by atoms with Gasteiger partial charge in [-0.1, -0.05) is 12.1 Å². The number of allylic oxidation sites excluding steroid dienone is 2. The van der Waals surface area contributed by atoms with Crippen LogP contribution in [0.5, 0.6) is 5.75 Å². The number of aliphatic hydroxyl groups is 2. The van der Waals surface area contributed by atoms with Gasteiger partial charge in [0.2, 0.25) is 0 Å². The molecule has 1 aliphatic rings. The van der Waals surface area contributed by atoms with Crippen LogP contribution in [0.1, 0.15) is 12.0 Å².